The average Bonchev–Trinajstić information content (AvgIpc) is 3.38. The Morgan fingerprint density at radius 3 is 2.65 bits per heavy atom. The number of likely N-dealkylation sites (tertiary alicyclic amines) is 1. The van der Waals surface area contributed by atoms with E-state index in [9.17, 15) is 22.4 Å². The van der Waals surface area contributed by atoms with Crippen molar-refractivity contribution in [1.82, 2.24) is 9.88 Å². The topological polar surface area (TPSA) is 89.0 Å². The minimum absolute atomic E-state index is 0.00419. The van der Waals surface area contributed by atoms with Gasteiger partial charge in [0.15, 0.2) is 5.82 Å². The third kappa shape index (κ3) is 5.52. The highest BCUT2D eigenvalue weighted by molar-refractivity contribution is 5.94. The van der Waals surface area contributed by atoms with Crippen molar-refractivity contribution in [3.63, 3.8) is 0 Å². The number of carbonyl (C=O) groups is 2. The zero-order valence-corrected chi connectivity index (χ0v) is 16.5. The SMILES string of the molecule is O=C(C1=CCCC1)N1C[C@H](Oc2ncccc2F)[C@H]2OCCC[C@H]21.O=C(O)C(F)(F)F. The van der Waals surface area contributed by atoms with Crippen molar-refractivity contribution in [3.05, 3.63) is 35.8 Å². The molecule has 1 aromatic heterocycles. The molecule has 0 radical (unpaired) electrons. The molecule has 11 heteroatoms. The van der Waals surface area contributed by atoms with Crippen LogP contribution < -0.4 is 4.74 Å². The molecule has 3 atom stereocenters. The van der Waals surface area contributed by atoms with Gasteiger partial charge in [-0.2, -0.15) is 13.2 Å². The summed E-state index contributed by atoms with van der Waals surface area (Å²) in [5, 5.41) is 7.12. The quantitative estimate of drug-likeness (QED) is 0.718. The third-order valence-corrected chi connectivity index (χ3v) is 5.28. The number of alkyl halides is 3. The zero-order chi connectivity index (χ0) is 22.6. The lowest BCUT2D eigenvalue weighted by atomic mass is 10.0. The maximum absolute atomic E-state index is 13.9. The van der Waals surface area contributed by atoms with Crippen LogP contribution in [0, 0.1) is 5.82 Å². The molecule has 1 N–H and O–H groups in total. The van der Waals surface area contributed by atoms with E-state index in [-0.39, 0.29) is 30.0 Å². The fraction of sp³-hybridized carbons (Fsp3) is 0.550. The number of rotatable bonds is 3. The molecule has 2 fully saturated rings. The van der Waals surface area contributed by atoms with Gasteiger partial charge in [0.05, 0.1) is 12.6 Å². The van der Waals surface area contributed by atoms with E-state index in [2.05, 4.69) is 4.98 Å². The molecule has 1 aliphatic carbocycles. The Hall–Kier alpha value is -2.69. The number of ether oxygens (including phenoxy) is 2. The highest BCUT2D eigenvalue weighted by Crippen LogP contribution is 2.34. The summed E-state index contributed by atoms with van der Waals surface area (Å²) in [6.07, 6.45) is 2.53. The maximum Gasteiger partial charge on any atom is 0.490 e. The number of aromatic nitrogens is 1. The highest BCUT2D eigenvalue weighted by Gasteiger charge is 2.48. The van der Waals surface area contributed by atoms with Gasteiger partial charge in [-0.3, -0.25) is 4.79 Å². The van der Waals surface area contributed by atoms with E-state index in [1.165, 1.54) is 18.3 Å². The fourth-order valence-electron chi connectivity index (χ4n) is 3.90. The van der Waals surface area contributed by atoms with E-state index < -0.39 is 18.0 Å². The number of carbonyl (C=O) groups excluding carboxylic acids is 1. The van der Waals surface area contributed by atoms with E-state index >= 15 is 0 Å². The molecule has 4 rings (SSSR count). The summed E-state index contributed by atoms with van der Waals surface area (Å²) < 4.78 is 57.3. The standard InChI is InChI=1S/C18H21FN2O3.C2HF3O2/c19-13-7-3-9-20-17(13)24-15-11-21(14-8-4-10-23-16(14)15)18(22)12-5-1-2-6-12;3-2(4,5)1(6)7/h3,5,7,9,14-16H,1-2,4,6,8,10-11H2;(H,6,7)/t14-,15+,16+;/m1./s1. The van der Waals surface area contributed by atoms with Gasteiger partial charge in [0.25, 0.3) is 5.88 Å². The van der Waals surface area contributed by atoms with Crippen LogP contribution in [0.5, 0.6) is 5.88 Å². The van der Waals surface area contributed by atoms with Crippen molar-refractivity contribution in [3.8, 4) is 5.88 Å². The van der Waals surface area contributed by atoms with Gasteiger partial charge in [-0.05, 0) is 44.2 Å². The van der Waals surface area contributed by atoms with Gasteiger partial charge in [-0.15, -0.1) is 0 Å². The van der Waals surface area contributed by atoms with E-state index in [1.807, 2.05) is 11.0 Å². The van der Waals surface area contributed by atoms with Gasteiger partial charge in [0.2, 0.25) is 5.91 Å². The van der Waals surface area contributed by atoms with E-state index in [4.69, 9.17) is 19.4 Å². The maximum atomic E-state index is 13.9. The summed E-state index contributed by atoms with van der Waals surface area (Å²) in [6.45, 7) is 1.07. The van der Waals surface area contributed by atoms with Crippen LogP contribution in [0.2, 0.25) is 0 Å². The number of allylic oxidation sites excluding steroid dienone is 1. The number of carboxylic acids is 1. The minimum atomic E-state index is -5.08. The minimum Gasteiger partial charge on any atom is -0.475 e. The summed E-state index contributed by atoms with van der Waals surface area (Å²) in [7, 11) is 0. The van der Waals surface area contributed by atoms with Crippen molar-refractivity contribution < 1.29 is 41.7 Å². The van der Waals surface area contributed by atoms with Crippen molar-refractivity contribution in [1.29, 1.82) is 0 Å². The van der Waals surface area contributed by atoms with E-state index in [0.717, 1.165) is 37.7 Å². The van der Waals surface area contributed by atoms with Gasteiger partial charge in [0, 0.05) is 18.4 Å². The van der Waals surface area contributed by atoms with Crippen LogP contribution >= 0.6 is 0 Å². The molecule has 3 aliphatic rings. The van der Waals surface area contributed by atoms with Crippen LogP contribution in [-0.2, 0) is 14.3 Å². The number of hydrogen-bond acceptors (Lipinski definition) is 5. The fourth-order valence-corrected chi connectivity index (χ4v) is 3.90. The Balaban J connectivity index is 0.000000339. The van der Waals surface area contributed by atoms with Crippen LogP contribution in [0.25, 0.3) is 0 Å². The van der Waals surface area contributed by atoms with Crippen molar-refractivity contribution in [2.45, 2.75) is 56.5 Å². The monoisotopic (exact) mass is 446 g/mol. The Morgan fingerprint density at radius 2 is 2.03 bits per heavy atom. The summed E-state index contributed by atoms with van der Waals surface area (Å²) in [5.41, 5.74) is 0.893. The van der Waals surface area contributed by atoms with Crippen LogP contribution in [-0.4, -0.2) is 64.4 Å². The number of hydrogen-bond donors (Lipinski definition) is 1. The first kappa shape index (κ1) is 23.0. The smallest absolute Gasteiger partial charge is 0.475 e. The number of nitrogens with zero attached hydrogens (tertiary/aromatic N) is 2. The van der Waals surface area contributed by atoms with Gasteiger partial charge >= 0.3 is 12.1 Å². The Kier molecular flexibility index (Phi) is 7.14. The second-order valence-electron chi connectivity index (χ2n) is 7.37. The Morgan fingerprint density at radius 1 is 1.29 bits per heavy atom. The average molecular weight is 446 g/mol. The third-order valence-electron chi connectivity index (χ3n) is 5.28. The first-order chi connectivity index (χ1) is 14.7. The lowest BCUT2D eigenvalue weighted by molar-refractivity contribution is -0.192. The molecule has 0 saturated carbocycles. The number of fused-ring (bicyclic) bond motifs is 1. The number of amides is 1. The number of pyridine rings is 1. The molecule has 0 spiro atoms. The normalized spacial score (nSPS) is 25.2. The predicted molar refractivity (Wildman–Crippen MR) is 98.7 cm³/mol. The van der Waals surface area contributed by atoms with Crippen LogP contribution in [0.3, 0.4) is 0 Å². The largest absolute Gasteiger partial charge is 0.490 e. The molecule has 2 aliphatic heterocycles. The molecule has 31 heavy (non-hydrogen) atoms. The number of aliphatic carboxylic acids is 1. The lowest BCUT2D eigenvalue weighted by Gasteiger charge is -2.32. The first-order valence-electron chi connectivity index (χ1n) is 9.87. The van der Waals surface area contributed by atoms with Gasteiger partial charge in [-0.1, -0.05) is 6.08 Å². The molecule has 0 unspecified atom stereocenters. The van der Waals surface area contributed by atoms with Crippen LogP contribution in [0.15, 0.2) is 30.0 Å². The second-order valence-corrected chi connectivity index (χ2v) is 7.37. The number of carboxylic acid groups (broad SMARTS) is 1. The molecule has 0 bridgehead atoms. The van der Waals surface area contributed by atoms with E-state index in [0.29, 0.717) is 13.2 Å². The molecule has 2 saturated heterocycles. The molecule has 0 aromatic carbocycles. The molecule has 3 heterocycles. The summed E-state index contributed by atoms with van der Waals surface area (Å²) >= 11 is 0. The molecule has 170 valence electrons. The molecule has 7 nitrogen and oxygen atoms in total. The summed E-state index contributed by atoms with van der Waals surface area (Å²) in [4.78, 5) is 27.5. The lowest BCUT2D eigenvalue weighted by Crippen LogP contribution is -2.44. The number of halogens is 4. The molecular formula is C20H22F4N2O5. The van der Waals surface area contributed by atoms with Gasteiger partial charge in [-0.25, -0.2) is 14.2 Å². The zero-order valence-electron chi connectivity index (χ0n) is 16.5. The highest BCUT2D eigenvalue weighted by atomic mass is 19.4. The van der Waals surface area contributed by atoms with Crippen molar-refractivity contribution >= 4 is 11.9 Å². The molecular weight excluding hydrogens is 424 g/mol. The van der Waals surface area contributed by atoms with Gasteiger partial charge in [0.1, 0.15) is 12.2 Å². The Labute approximate surface area is 175 Å². The first-order valence-corrected chi connectivity index (χ1v) is 9.87. The van der Waals surface area contributed by atoms with Crippen LogP contribution in [0.1, 0.15) is 32.1 Å². The van der Waals surface area contributed by atoms with Crippen molar-refractivity contribution in [2.24, 2.45) is 0 Å². The van der Waals surface area contributed by atoms with Crippen LogP contribution in [0.4, 0.5) is 17.6 Å². The second kappa shape index (κ2) is 9.63. The Bertz CT molecular complexity index is 845. The summed E-state index contributed by atoms with van der Waals surface area (Å²) in [6, 6.07) is 2.85. The predicted octanol–water partition coefficient (Wildman–Crippen LogP) is 3.10. The molecule has 1 aromatic rings. The molecule has 1 amide bonds. The van der Waals surface area contributed by atoms with Crippen molar-refractivity contribution in [2.75, 3.05) is 13.2 Å². The van der Waals surface area contributed by atoms with E-state index in [1.54, 1.807) is 0 Å². The summed E-state index contributed by atoms with van der Waals surface area (Å²) in [5.74, 6) is -3.19. The van der Waals surface area contributed by atoms with Gasteiger partial charge < -0.3 is 19.5 Å².